The molecular weight excluding hydrogens is 196 g/mol. The Hall–Kier alpha value is -2.22. The number of hydrogen-bond acceptors (Lipinski definition) is 2. The Morgan fingerprint density at radius 1 is 0.750 bits per heavy atom. The highest BCUT2D eigenvalue weighted by Crippen LogP contribution is 2.27. The molecule has 2 rings (SSSR count). The van der Waals surface area contributed by atoms with Gasteiger partial charge in [-0.3, -0.25) is 0 Å². The molecule has 0 bridgehead atoms. The molecule has 0 spiro atoms. The van der Waals surface area contributed by atoms with Crippen molar-refractivity contribution < 1.29 is 0 Å². The van der Waals surface area contributed by atoms with Crippen molar-refractivity contribution in [2.24, 2.45) is 0 Å². The highest BCUT2D eigenvalue weighted by Gasteiger charge is 2.02. The molecule has 2 heteroatoms. The zero-order chi connectivity index (χ0) is 11.7. The second kappa shape index (κ2) is 3.74. The lowest BCUT2D eigenvalue weighted by Crippen LogP contribution is -1.94. The van der Waals surface area contributed by atoms with Gasteiger partial charge in [0.05, 0.1) is 11.4 Å². The van der Waals surface area contributed by atoms with Gasteiger partial charge in [-0.1, -0.05) is 25.3 Å². The molecule has 4 N–H and O–H groups in total. The third-order valence-electron chi connectivity index (χ3n) is 2.68. The molecule has 0 aliphatic rings. The van der Waals surface area contributed by atoms with Gasteiger partial charge in [-0.05, 0) is 46.2 Å². The van der Waals surface area contributed by atoms with E-state index < -0.39 is 0 Å². The lowest BCUT2D eigenvalue weighted by Gasteiger charge is -2.07. The number of anilines is 2. The van der Waals surface area contributed by atoms with Crippen LogP contribution in [0.3, 0.4) is 0 Å². The van der Waals surface area contributed by atoms with Gasteiger partial charge in [0, 0.05) is 0 Å². The minimum atomic E-state index is 0.605. The second-order valence-electron chi connectivity index (χ2n) is 3.72. The molecule has 0 saturated carbocycles. The predicted molar refractivity (Wildman–Crippen MR) is 73.0 cm³/mol. The van der Waals surface area contributed by atoms with Crippen molar-refractivity contribution in [3.63, 3.8) is 0 Å². The molecule has 2 aromatic rings. The minimum Gasteiger partial charge on any atom is -0.397 e. The van der Waals surface area contributed by atoms with Crippen molar-refractivity contribution in [2.45, 2.75) is 0 Å². The SMILES string of the molecule is C=Cc1cc2cc(N)c(N)cc2cc1C=C. The van der Waals surface area contributed by atoms with Crippen LogP contribution in [-0.4, -0.2) is 0 Å². The topological polar surface area (TPSA) is 52.0 Å². The van der Waals surface area contributed by atoms with E-state index in [-0.39, 0.29) is 0 Å². The van der Waals surface area contributed by atoms with Gasteiger partial charge in [0.15, 0.2) is 0 Å². The molecule has 0 fully saturated rings. The summed E-state index contributed by atoms with van der Waals surface area (Å²) >= 11 is 0. The summed E-state index contributed by atoms with van der Waals surface area (Å²) in [4.78, 5) is 0. The quantitative estimate of drug-likeness (QED) is 0.747. The maximum Gasteiger partial charge on any atom is 0.0554 e. The Morgan fingerprint density at radius 2 is 1.12 bits per heavy atom. The first-order valence-electron chi connectivity index (χ1n) is 5.03. The van der Waals surface area contributed by atoms with Crippen molar-refractivity contribution >= 4 is 34.3 Å². The summed E-state index contributed by atoms with van der Waals surface area (Å²) in [7, 11) is 0. The molecule has 0 amide bonds. The smallest absolute Gasteiger partial charge is 0.0554 e. The highest BCUT2D eigenvalue weighted by atomic mass is 14.7. The molecule has 0 saturated heterocycles. The van der Waals surface area contributed by atoms with E-state index in [1.807, 2.05) is 36.4 Å². The van der Waals surface area contributed by atoms with Crippen LogP contribution in [0.1, 0.15) is 11.1 Å². The normalized spacial score (nSPS) is 10.2. The van der Waals surface area contributed by atoms with E-state index in [4.69, 9.17) is 11.5 Å². The number of fused-ring (bicyclic) bond motifs is 1. The van der Waals surface area contributed by atoms with E-state index >= 15 is 0 Å². The summed E-state index contributed by atoms with van der Waals surface area (Å²) < 4.78 is 0. The summed E-state index contributed by atoms with van der Waals surface area (Å²) in [6.45, 7) is 7.57. The summed E-state index contributed by atoms with van der Waals surface area (Å²) in [6.07, 6.45) is 3.62. The van der Waals surface area contributed by atoms with E-state index in [1.54, 1.807) is 0 Å². The van der Waals surface area contributed by atoms with Gasteiger partial charge in [0.1, 0.15) is 0 Å². The van der Waals surface area contributed by atoms with Crippen LogP contribution in [0.2, 0.25) is 0 Å². The van der Waals surface area contributed by atoms with Crippen LogP contribution in [0.5, 0.6) is 0 Å². The van der Waals surface area contributed by atoms with Crippen molar-refractivity contribution in [3.05, 3.63) is 48.6 Å². The molecule has 0 aliphatic heterocycles. The van der Waals surface area contributed by atoms with Crippen LogP contribution in [0, 0.1) is 0 Å². The van der Waals surface area contributed by atoms with Crippen LogP contribution in [0.25, 0.3) is 22.9 Å². The molecule has 80 valence electrons. The van der Waals surface area contributed by atoms with Crippen LogP contribution in [0.15, 0.2) is 37.4 Å². The lowest BCUT2D eigenvalue weighted by molar-refractivity contribution is 1.65. The Morgan fingerprint density at radius 3 is 1.44 bits per heavy atom. The molecule has 0 atom stereocenters. The van der Waals surface area contributed by atoms with Gasteiger partial charge in [-0.2, -0.15) is 0 Å². The van der Waals surface area contributed by atoms with E-state index in [9.17, 15) is 0 Å². The Balaban J connectivity index is 2.83. The van der Waals surface area contributed by atoms with Crippen LogP contribution < -0.4 is 11.5 Å². The molecule has 0 aliphatic carbocycles. The minimum absolute atomic E-state index is 0.605. The fourth-order valence-corrected chi connectivity index (χ4v) is 1.77. The summed E-state index contributed by atoms with van der Waals surface area (Å²) in [6, 6.07) is 7.83. The molecule has 0 heterocycles. The number of benzene rings is 2. The van der Waals surface area contributed by atoms with Crippen molar-refractivity contribution in [3.8, 4) is 0 Å². The Labute approximate surface area is 94.9 Å². The molecule has 0 aromatic heterocycles. The van der Waals surface area contributed by atoms with Crippen molar-refractivity contribution in [1.82, 2.24) is 0 Å². The van der Waals surface area contributed by atoms with E-state index in [1.165, 1.54) is 0 Å². The Kier molecular flexibility index (Phi) is 2.41. The zero-order valence-electron chi connectivity index (χ0n) is 9.03. The monoisotopic (exact) mass is 210 g/mol. The fraction of sp³-hybridized carbons (Fsp3) is 0. The average Bonchev–Trinajstić information content (AvgIpc) is 2.29. The first kappa shape index (κ1) is 10.3. The van der Waals surface area contributed by atoms with Gasteiger partial charge in [0.2, 0.25) is 0 Å². The standard InChI is InChI=1S/C14H14N2/c1-3-9-5-11-7-13(15)14(16)8-12(11)6-10(9)4-2/h3-8H,1-2,15-16H2. The summed E-state index contributed by atoms with van der Waals surface area (Å²) in [5.74, 6) is 0. The maximum absolute atomic E-state index is 5.78. The summed E-state index contributed by atoms with van der Waals surface area (Å²) in [5, 5.41) is 2.12. The van der Waals surface area contributed by atoms with Crippen LogP contribution in [0.4, 0.5) is 11.4 Å². The van der Waals surface area contributed by atoms with Gasteiger partial charge in [-0.15, -0.1) is 0 Å². The number of rotatable bonds is 2. The summed E-state index contributed by atoms with van der Waals surface area (Å²) in [5.41, 5.74) is 14.9. The molecule has 0 radical (unpaired) electrons. The highest BCUT2D eigenvalue weighted by molar-refractivity contribution is 5.94. The maximum atomic E-state index is 5.78. The lowest BCUT2D eigenvalue weighted by atomic mass is 10.00. The fourth-order valence-electron chi connectivity index (χ4n) is 1.77. The molecule has 2 nitrogen and oxygen atoms in total. The molecule has 16 heavy (non-hydrogen) atoms. The Bertz CT molecular complexity index is 530. The van der Waals surface area contributed by atoms with Gasteiger partial charge >= 0.3 is 0 Å². The van der Waals surface area contributed by atoms with Gasteiger partial charge in [-0.25, -0.2) is 0 Å². The van der Waals surface area contributed by atoms with E-state index in [2.05, 4.69) is 13.2 Å². The van der Waals surface area contributed by atoms with E-state index in [0.717, 1.165) is 21.9 Å². The third-order valence-corrected chi connectivity index (χ3v) is 2.68. The molecule has 0 unspecified atom stereocenters. The number of nitrogens with two attached hydrogens (primary N) is 2. The molecule has 2 aromatic carbocycles. The predicted octanol–water partition coefficient (Wildman–Crippen LogP) is 3.29. The number of hydrogen-bond donors (Lipinski definition) is 2. The zero-order valence-corrected chi connectivity index (χ0v) is 9.03. The largest absolute Gasteiger partial charge is 0.397 e. The van der Waals surface area contributed by atoms with Gasteiger partial charge in [0.25, 0.3) is 0 Å². The van der Waals surface area contributed by atoms with Crippen LogP contribution in [-0.2, 0) is 0 Å². The van der Waals surface area contributed by atoms with Crippen molar-refractivity contribution in [2.75, 3.05) is 11.5 Å². The average molecular weight is 210 g/mol. The van der Waals surface area contributed by atoms with E-state index in [0.29, 0.717) is 11.4 Å². The second-order valence-corrected chi connectivity index (χ2v) is 3.72. The van der Waals surface area contributed by atoms with Crippen molar-refractivity contribution in [1.29, 1.82) is 0 Å². The first-order valence-corrected chi connectivity index (χ1v) is 5.03. The molecular formula is C14H14N2. The van der Waals surface area contributed by atoms with Crippen LogP contribution >= 0.6 is 0 Å². The number of nitrogen functional groups attached to an aromatic ring is 2. The first-order chi connectivity index (χ1) is 7.65. The third kappa shape index (κ3) is 1.54. The van der Waals surface area contributed by atoms with Gasteiger partial charge < -0.3 is 11.5 Å².